The second-order valence-corrected chi connectivity index (χ2v) is 4.38. The lowest BCUT2D eigenvalue weighted by molar-refractivity contribution is 0.126. The van der Waals surface area contributed by atoms with Gasteiger partial charge in [0.1, 0.15) is 0 Å². The third-order valence-electron chi connectivity index (χ3n) is 3.33. The maximum absolute atomic E-state index is 3.43. The molecule has 2 nitrogen and oxygen atoms in total. The van der Waals surface area contributed by atoms with E-state index in [0.717, 1.165) is 19.6 Å². The molecule has 0 bridgehead atoms. The Morgan fingerprint density at radius 2 is 2.07 bits per heavy atom. The van der Waals surface area contributed by atoms with Crippen LogP contribution in [0.4, 0.5) is 0 Å². The van der Waals surface area contributed by atoms with Crippen LogP contribution in [0.2, 0.25) is 0 Å². The van der Waals surface area contributed by atoms with Gasteiger partial charge in [-0.15, -0.1) is 0 Å². The predicted molar refractivity (Wildman–Crippen MR) is 63.9 cm³/mol. The Bertz CT molecular complexity index is 297. The van der Waals surface area contributed by atoms with E-state index in [1.54, 1.807) is 0 Å². The maximum Gasteiger partial charge on any atom is 0.0323 e. The first-order valence-electron chi connectivity index (χ1n) is 5.80. The number of nitrogens with zero attached hydrogens (tertiary/aromatic N) is 1. The Hall–Kier alpha value is -0.860. The summed E-state index contributed by atoms with van der Waals surface area (Å²) in [6.07, 6.45) is 0. The summed E-state index contributed by atoms with van der Waals surface area (Å²) >= 11 is 0. The zero-order valence-corrected chi connectivity index (χ0v) is 9.61. The molecule has 1 aromatic carbocycles. The van der Waals surface area contributed by atoms with Crippen molar-refractivity contribution in [1.29, 1.82) is 0 Å². The SMILES string of the molecule is CC1CNCCN1C(C)c1ccccc1. The lowest BCUT2D eigenvalue weighted by Crippen LogP contribution is -2.50. The summed E-state index contributed by atoms with van der Waals surface area (Å²) in [5, 5.41) is 3.43. The Morgan fingerprint density at radius 3 is 2.73 bits per heavy atom. The molecule has 2 unspecified atom stereocenters. The number of hydrogen-bond acceptors (Lipinski definition) is 2. The van der Waals surface area contributed by atoms with Gasteiger partial charge in [-0.2, -0.15) is 0 Å². The van der Waals surface area contributed by atoms with E-state index in [1.165, 1.54) is 5.56 Å². The summed E-state index contributed by atoms with van der Waals surface area (Å²) in [4.78, 5) is 2.58. The third-order valence-corrected chi connectivity index (χ3v) is 3.33. The first-order chi connectivity index (χ1) is 7.29. The molecule has 2 rings (SSSR count). The van der Waals surface area contributed by atoms with Crippen LogP contribution < -0.4 is 5.32 Å². The fourth-order valence-electron chi connectivity index (χ4n) is 2.36. The van der Waals surface area contributed by atoms with Crippen LogP contribution in [0.5, 0.6) is 0 Å². The second kappa shape index (κ2) is 4.77. The van der Waals surface area contributed by atoms with Crippen molar-refractivity contribution in [1.82, 2.24) is 10.2 Å². The largest absolute Gasteiger partial charge is 0.314 e. The highest BCUT2D eigenvalue weighted by Crippen LogP contribution is 2.22. The molecular formula is C13H20N2. The molecule has 1 aliphatic heterocycles. The number of hydrogen-bond donors (Lipinski definition) is 1. The first-order valence-corrected chi connectivity index (χ1v) is 5.80. The molecule has 1 aromatic rings. The van der Waals surface area contributed by atoms with E-state index < -0.39 is 0 Å². The summed E-state index contributed by atoms with van der Waals surface area (Å²) in [5.41, 5.74) is 1.42. The summed E-state index contributed by atoms with van der Waals surface area (Å²) in [6, 6.07) is 11.9. The van der Waals surface area contributed by atoms with Crippen LogP contribution in [-0.4, -0.2) is 30.6 Å². The smallest absolute Gasteiger partial charge is 0.0323 e. The van der Waals surface area contributed by atoms with Gasteiger partial charge >= 0.3 is 0 Å². The minimum absolute atomic E-state index is 0.531. The van der Waals surface area contributed by atoms with E-state index in [1.807, 2.05) is 0 Å². The number of rotatable bonds is 2. The van der Waals surface area contributed by atoms with Crippen molar-refractivity contribution in [3.05, 3.63) is 35.9 Å². The molecule has 0 spiro atoms. The topological polar surface area (TPSA) is 15.3 Å². The quantitative estimate of drug-likeness (QED) is 0.793. The molecule has 2 atom stereocenters. The van der Waals surface area contributed by atoms with Gasteiger partial charge in [0.15, 0.2) is 0 Å². The normalized spacial score (nSPS) is 25.1. The van der Waals surface area contributed by atoms with Crippen LogP contribution in [0.1, 0.15) is 25.5 Å². The Labute approximate surface area is 92.3 Å². The van der Waals surface area contributed by atoms with E-state index in [4.69, 9.17) is 0 Å². The second-order valence-electron chi connectivity index (χ2n) is 4.38. The van der Waals surface area contributed by atoms with Gasteiger partial charge in [0.2, 0.25) is 0 Å². The van der Waals surface area contributed by atoms with E-state index in [2.05, 4.69) is 54.4 Å². The highest BCUT2D eigenvalue weighted by atomic mass is 15.2. The predicted octanol–water partition coefficient (Wildman–Crippen LogP) is 2.04. The average molecular weight is 204 g/mol. The van der Waals surface area contributed by atoms with Crippen molar-refractivity contribution in [3.63, 3.8) is 0 Å². The Morgan fingerprint density at radius 1 is 1.33 bits per heavy atom. The van der Waals surface area contributed by atoms with E-state index in [-0.39, 0.29) is 0 Å². The van der Waals surface area contributed by atoms with E-state index in [0.29, 0.717) is 12.1 Å². The molecule has 0 radical (unpaired) electrons. The zero-order valence-electron chi connectivity index (χ0n) is 9.61. The molecule has 82 valence electrons. The molecule has 1 aliphatic rings. The van der Waals surface area contributed by atoms with Crippen LogP contribution in [0.15, 0.2) is 30.3 Å². The summed E-state index contributed by atoms with van der Waals surface area (Å²) in [6.45, 7) is 7.97. The molecule has 1 N–H and O–H groups in total. The molecule has 0 aromatic heterocycles. The summed E-state index contributed by atoms with van der Waals surface area (Å²) < 4.78 is 0. The van der Waals surface area contributed by atoms with Crippen LogP contribution in [0.25, 0.3) is 0 Å². The van der Waals surface area contributed by atoms with Crippen molar-refractivity contribution in [2.75, 3.05) is 19.6 Å². The maximum atomic E-state index is 3.43. The van der Waals surface area contributed by atoms with E-state index >= 15 is 0 Å². The van der Waals surface area contributed by atoms with Gasteiger partial charge in [-0.3, -0.25) is 4.90 Å². The van der Waals surface area contributed by atoms with Gasteiger partial charge < -0.3 is 5.32 Å². The van der Waals surface area contributed by atoms with Gasteiger partial charge in [0, 0.05) is 31.7 Å². The van der Waals surface area contributed by atoms with Crippen molar-refractivity contribution in [2.45, 2.75) is 25.9 Å². The van der Waals surface area contributed by atoms with Gasteiger partial charge in [-0.1, -0.05) is 30.3 Å². The fourth-order valence-corrected chi connectivity index (χ4v) is 2.36. The standard InChI is InChI=1S/C13H20N2/c1-11-10-14-8-9-15(11)12(2)13-6-4-3-5-7-13/h3-7,11-12,14H,8-10H2,1-2H3. The molecule has 1 heterocycles. The average Bonchev–Trinajstić information content (AvgIpc) is 2.30. The molecule has 0 amide bonds. The molecule has 0 saturated carbocycles. The zero-order chi connectivity index (χ0) is 10.7. The van der Waals surface area contributed by atoms with E-state index in [9.17, 15) is 0 Å². The Kier molecular flexibility index (Phi) is 3.39. The van der Waals surface area contributed by atoms with Crippen molar-refractivity contribution in [3.8, 4) is 0 Å². The number of nitrogens with one attached hydrogen (secondary N) is 1. The van der Waals surface area contributed by atoms with Crippen molar-refractivity contribution in [2.24, 2.45) is 0 Å². The highest BCUT2D eigenvalue weighted by Gasteiger charge is 2.23. The molecule has 1 saturated heterocycles. The number of benzene rings is 1. The molecule has 1 fully saturated rings. The molecule has 2 heteroatoms. The number of piperazine rings is 1. The monoisotopic (exact) mass is 204 g/mol. The molecule has 0 aliphatic carbocycles. The Balaban J connectivity index is 2.09. The third kappa shape index (κ3) is 2.39. The van der Waals surface area contributed by atoms with Crippen LogP contribution in [0.3, 0.4) is 0 Å². The molecule has 15 heavy (non-hydrogen) atoms. The van der Waals surface area contributed by atoms with Gasteiger partial charge in [0.25, 0.3) is 0 Å². The lowest BCUT2D eigenvalue weighted by Gasteiger charge is -2.38. The lowest BCUT2D eigenvalue weighted by atomic mass is 10.0. The summed E-state index contributed by atoms with van der Waals surface area (Å²) in [5.74, 6) is 0. The van der Waals surface area contributed by atoms with Gasteiger partial charge in [0.05, 0.1) is 0 Å². The van der Waals surface area contributed by atoms with Crippen molar-refractivity contribution < 1.29 is 0 Å². The van der Waals surface area contributed by atoms with Gasteiger partial charge in [-0.05, 0) is 19.4 Å². The van der Waals surface area contributed by atoms with Gasteiger partial charge in [-0.25, -0.2) is 0 Å². The van der Waals surface area contributed by atoms with Crippen LogP contribution in [-0.2, 0) is 0 Å². The highest BCUT2D eigenvalue weighted by molar-refractivity contribution is 5.18. The summed E-state index contributed by atoms with van der Waals surface area (Å²) in [7, 11) is 0. The van der Waals surface area contributed by atoms with Crippen molar-refractivity contribution >= 4 is 0 Å². The minimum Gasteiger partial charge on any atom is -0.314 e. The minimum atomic E-state index is 0.531. The molecular weight excluding hydrogens is 184 g/mol. The van der Waals surface area contributed by atoms with Crippen LogP contribution >= 0.6 is 0 Å². The fraction of sp³-hybridized carbons (Fsp3) is 0.538. The first kappa shape index (κ1) is 10.7. The van der Waals surface area contributed by atoms with Crippen LogP contribution in [0, 0.1) is 0 Å².